The quantitative estimate of drug-likeness (QED) is 0.919. The maximum Gasteiger partial charge on any atom is 0.338 e. The summed E-state index contributed by atoms with van der Waals surface area (Å²) in [6, 6.07) is 3.66. The molecule has 5 nitrogen and oxygen atoms in total. The van der Waals surface area contributed by atoms with Crippen LogP contribution >= 0.6 is 23.2 Å². The topological polar surface area (TPSA) is 95.2 Å². The predicted octanol–water partition coefficient (Wildman–Crippen LogP) is 1.99. The molecule has 0 bridgehead atoms. The number of hydrogen-bond acceptors (Lipinski definition) is 4. The number of sulfone groups is 1. The Morgan fingerprint density at radius 1 is 1.41 bits per heavy atom. The van der Waals surface area contributed by atoms with Crippen molar-refractivity contribution in [2.75, 3.05) is 5.75 Å². The van der Waals surface area contributed by atoms with Crippen LogP contribution in [-0.2, 0) is 9.84 Å². The smallest absolute Gasteiger partial charge is 0.338 e. The van der Waals surface area contributed by atoms with Gasteiger partial charge in [-0.2, -0.15) is 5.26 Å². The van der Waals surface area contributed by atoms with Gasteiger partial charge in [0.25, 0.3) is 0 Å². The van der Waals surface area contributed by atoms with E-state index in [-0.39, 0.29) is 5.02 Å². The number of carbonyl (C=O) groups is 1. The van der Waals surface area contributed by atoms with Crippen LogP contribution in [0.3, 0.4) is 0 Å². The lowest BCUT2D eigenvalue weighted by atomic mass is 10.2. The van der Waals surface area contributed by atoms with Gasteiger partial charge < -0.3 is 5.11 Å². The van der Waals surface area contributed by atoms with Gasteiger partial charge in [0, 0.05) is 0 Å². The highest BCUT2D eigenvalue weighted by atomic mass is 35.5. The molecule has 90 valence electrons. The average molecular weight is 294 g/mol. The molecular formula is C9H5Cl2NO4S. The van der Waals surface area contributed by atoms with Crippen molar-refractivity contribution in [2.45, 2.75) is 4.90 Å². The molecule has 0 spiro atoms. The fourth-order valence-electron chi connectivity index (χ4n) is 1.13. The number of halogens is 2. The molecule has 17 heavy (non-hydrogen) atoms. The van der Waals surface area contributed by atoms with E-state index in [0.29, 0.717) is 0 Å². The van der Waals surface area contributed by atoms with Gasteiger partial charge in [-0.25, -0.2) is 13.2 Å². The Kier molecular flexibility index (Phi) is 3.98. The Morgan fingerprint density at radius 2 is 2.00 bits per heavy atom. The molecule has 0 amide bonds. The SMILES string of the molecule is N#CCS(=O)(=O)c1ccc(Cl)c(C(=O)O)c1Cl. The van der Waals surface area contributed by atoms with Crippen LogP contribution in [0.25, 0.3) is 0 Å². The van der Waals surface area contributed by atoms with Crippen LogP contribution < -0.4 is 0 Å². The van der Waals surface area contributed by atoms with Crippen molar-refractivity contribution in [3.8, 4) is 6.07 Å². The van der Waals surface area contributed by atoms with Crippen molar-refractivity contribution in [3.05, 3.63) is 27.7 Å². The normalized spacial score (nSPS) is 10.9. The lowest BCUT2D eigenvalue weighted by Crippen LogP contribution is -2.09. The summed E-state index contributed by atoms with van der Waals surface area (Å²) in [6.45, 7) is 0. The number of carboxylic acid groups (broad SMARTS) is 1. The zero-order valence-corrected chi connectivity index (χ0v) is 10.5. The second-order valence-corrected chi connectivity index (χ2v) is 5.70. The van der Waals surface area contributed by atoms with Gasteiger partial charge in [0.15, 0.2) is 9.84 Å². The van der Waals surface area contributed by atoms with Gasteiger partial charge >= 0.3 is 5.97 Å². The molecule has 0 unspecified atom stereocenters. The highest BCUT2D eigenvalue weighted by molar-refractivity contribution is 7.91. The first-order valence-electron chi connectivity index (χ1n) is 4.12. The summed E-state index contributed by atoms with van der Waals surface area (Å²) in [7, 11) is -3.93. The molecular weight excluding hydrogens is 289 g/mol. The molecule has 1 rings (SSSR count). The van der Waals surface area contributed by atoms with E-state index in [2.05, 4.69) is 0 Å². The van der Waals surface area contributed by atoms with E-state index in [1.165, 1.54) is 6.07 Å². The second-order valence-electron chi connectivity index (χ2n) is 2.96. The first kappa shape index (κ1) is 13.8. The van der Waals surface area contributed by atoms with Crippen LogP contribution in [0.5, 0.6) is 0 Å². The van der Waals surface area contributed by atoms with E-state index in [4.69, 9.17) is 33.6 Å². The molecule has 0 atom stereocenters. The number of hydrogen-bond donors (Lipinski definition) is 1. The third-order valence-electron chi connectivity index (χ3n) is 1.86. The molecule has 0 aromatic heterocycles. The van der Waals surface area contributed by atoms with E-state index >= 15 is 0 Å². The molecule has 1 aromatic rings. The van der Waals surface area contributed by atoms with Crippen molar-refractivity contribution >= 4 is 39.0 Å². The first-order chi connectivity index (χ1) is 7.81. The Balaban J connectivity index is 3.56. The van der Waals surface area contributed by atoms with E-state index in [9.17, 15) is 13.2 Å². The highest BCUT2D eigenvalue weighted by Crippen LogP contribution is 2.31. The third-order valence-corrected chi connectivity index (χ3v) is 4.20. The summed E-state index contributed by atoms with van der Waals surface area (Å²) in [5.41, 5.74) is -0.493. The summed E-state index contributed by atoms with van der Waals surface area (Å²) in [4.78, 5) is 10.4. The summed E-state index contributed by atoms with van der Waals surface area (Å²) in [6.07, 6.45) is 0. The maximum atomic E-state index is 11.6. The maximum absolute atomic E-state index is 11.6. The average Bonchev–Trinajstić information content (AvgIpc) is 2.15. The Hall–Kier alpha value is -1.29. The molecule has 0 aliphatic heterocycles. The van der Waals surface area contributed by atoms with Crippen molar-refractivity contribution in [3.63, 3.8) is 0 Å². The van der Waals surface area contributed by atoms with Crippen molar-refractivity contribution in [1.82, 2.24) is 0 Å². The van der Waals surface area contributed by atoms with E-state index in [1.54, 1.807) is 0 Å². The molecule has 0 saturated carbocycles. The highest BCUT2D eigenvalue weighted by Gasteiger charge is 2.24. The molecule has 0 heterocycles. The largest absolute Gasteiger partial charge is 0.478 e. The fourth-order valence-corrected chi connectivity index (χ4v) is 2.99. The van der Waals surface area contributed by atoms with Crippen LogP contribution in [0.1, 0.15) is 10.4 Å². The Labute approximate surface area is 107 Å². The number of benzene rings is 1. The van der Waals surface area contributed by atoms with Crippen molar-refractivity contribution in [1.29, 1.82) is 5.26 Å². The summed E-state index contributed by atoms with van der Waals surface area (Å²) in [5.74, 6) is -2.22. The van der Waals surface area contributed by atoms with Gasteiger partial charge in [-0.15, -0.1) is 0 Å². The van der Waals surface area contributed by atoms with Crippen LogP contribution in [0.15, 0.2) is 17.0 Å². The van der Waals surface area contributed by atoms with Crippen LogP contribution in [0.4, 0.5) is 0 Å². The van der Waals surface area contributed by atoms with Crippen LogP contribution in [0, 0.1) is 11.3 Å². The molecule has 8 heteroatoms. The monoisotopic (exact) mass is 293 g/mol. The van der Waals surface area contributed by atoms with Gasteiger partial charge in [0.1, 0.15) is 5.75 Å². The van der Waals surface area contributed by atoms with Gasteiger partial charge in [-0.3, -0.25) is 0 Å². The first-order valence-corrected chi connectivity index (χ1v) is 6.53. The number of aromatic carboxylic acids is 1. The molecule has 1 aromatic carbocycles. The molecule has 0 saturated heterocycles. The molecule has 0 radical (unpaired) electrons. The van der Waals surface area contributed by atoms with Crippen molar-refractivity contribution < 1.29 is 18.3 Å². The van der Waals surface area contributed by atoms with Gasteiger partial charge in [-0.05, 0) is 12.1 Å². The predicted molar refractivity (Wildman–Crippen MR) is 61.1 cm³/mol. The zero-order chi connectivity index (χ0) is 13.2. The second kappa shape index (κ2) is 4.92. The zero-order valence-electron chi connectivity index (χ0n) is 8.15. The molecule has 0 fully saturated rings. The summed E-state index contributed by atoms with van der Waals surface area (Å²) < 4.78 is 23.2. The van der Waals surface area contributed by atoms with Gasteiger partial charge in [-0.1, -0.05) is 23.2 Å². The number of rotatable bonds is 3. The third kappa shape index (κ3) is 2.69. The Bertz CT molecular complexity index is 619. The Morgan fingerprint density at radius 3 is 2.47 bits per heavy atom. The van der Waals surface area contributed by atoms with Crippen molar-refractivity contribution in [2.24, 2.45) is 0 Å². The number of nitrogens with zero attached hydrogens (tertiary/aromatic N) is 1. The molecule has 0 aliphatic rings. The fraction of sp³-hybridized carbons (Fsp3) is 0.111. The van der Waals surface area contributed by atoms with E-state index in [0.717, 1.165) is 12.1 Å². The lowest BCUT2D eigenvalue weighted by Gasteiger charge is -2.07. The lowest BCUT2D eigenvalue weighted by molar-refractivity contribution is 0.0697. The molecule has 0 aliphatic carbocycles. The molecule has 1 N–H and O–H groups in total. The number of nitriles is 1. The van der Waals surface area contributed by atoms with E-state index in [1.807, 2.05) is 0 Å². The van der Waals surface area contributed by atoms with E-state index < -0.39 is 37.0 Å². The standard InChI is InChI=1S/C9H5Cl2NO4S/c10-5-1-2-6(17(15,16)4-3-12)8(11)7(5)9(13)14/h1-2H,4H2,(H,13,14). The van der Waals surface area contributed by atoms with Gasteiger partial charge in [0.2, 0.25) is 0 Å². The van der Waals surface area contributed by atoms with Crippen LogP contribution in [0.2, 0.25) is 10.0 Å². The minimum Gasteiger partial charge on any atom is -0.478 e. The number of carboxylic acids is 1. The minimum atomic E-state index is -3.93. The minimum absolute atomic E-state index is 0.168. The van der Waals surface area contributed by atoms with Gasteiger partial charge in [0.05, 0.1) is 26.6 Å². The summed E-state index contributed by atoms with van der Waals surface area (Å²) in [5, 5.41) is 16.6. The summed E-state index contributed by atoms with van der Waals surface area (Å²) >= 11 is 11.3. The van der Waals surface area contributed by atoms with Crippen LogP contribution in [-0.4, -0.2) is 25.2 Å².